The smallest absolute Gasteiger partial charge is 0.264 e. The number of nitrogens with zero attached hydrogens (tertiary/aromatic N) is 1. The van der Waals surface area contributed by atoms with Crippen molar-refractivity contribution in [3.8, 4) is 11.5 Å². The molecule has 8 heteroatoms. The van der Waals surface area contributed by atoms with Gasteiger partial charge in [-0.1, -0.05) is 0 Å². The second-order valence-corrected chi connectivity index (χ2v) is 6.85. The van der Waals surface area contributed by atoms with Crippen molar-refractivity contribution < 1.29 is 26.7 Å². The van der Waals surface area contributed by atoms with Gasteiger partial charge >= 0.3 is 0 Å². The average Bonchev–Trinajstić information content (AvgIpc) is 2.56. The number of anilines is 1. The molecule has 0 N–H and O–H groups in total. The number of hydrogen-bond donors (Lipinski definition) is 0. The van der Waals surface area contributed by atoms with Gasteiger partial charge in [-0.3, -0.25) is 4.31 Å². The Labute approximate surface area is 132 Å². The maximum Gasteiger partial charge on any atom is 0.264 e. The van der Waals surface area contributed by atoms with Crippen LogP contribution in [-0.4, -0.2) is 28.7 Å². The van der Waals surface area contributed by atoms with Gasteiger partial charge in [0.05, 0.1) is 10.6 Å². The van der Waals surface area contributed by atoms with Gasteiger partial charge in [-0.25, -0.2) is 17.2 Å². The molecule has 3 rings (SSSR count). The number of fused-ring (bicyclic) bond motifs is 1. The van der Waals surface area contributed by atoms with E-state index in [1.807, 2.05) is 0 Å². The average molecular weight is 341 g/mol. The van der Waals surface area contributed by atoms with E-state index in [4.69, 9.17) is 9.47 Å². The van der Waals surface area contributed by atoms with E-state index in [0.29, 0.717) is 24.7 Å². The van der Waals surface area contributed by atoms with Crippen LogP contribution in [-0.2, 0) is 10.0 Å². The van der Waals surface area contributed by atoms with Crippen LogP contribution in [0.3, 0.4) is 0 Å². The predicted molar refractivity (Wildman–Crippen MR) is 79.4 cm³/mol. The maximum atomic E-state index is 13.3. The van der Waals surface area contributed by atoms with Gasteiger partial charge in [0.25, 0.3) is 10.0 Å². The van der Waals surface area contributed by atoms with Gasteiger partial charge in [-0.2, -0.15) is 0 Å². The Morgan fingerprint density at radius 2 is 1.65 bits per heavy atom. The van der Waals surface area contributed by atoms with Crippen LogP contribution < -0.4 is 13.8 Å². The number of sulfonamides is 1. The summed E-state index contributed by atoms with van der Waals surface area (Å²) in [6.07, 6.45) is 0. The monoisotopic (exact) mass is 341 g/mol. The lowest BCUT2D eigenvalue weighted by molar-refractivity contribution is 0.171. The van der Waals surface area contributed by atoms with Crippen LogP contribution in [0.2, 0.25) is 0 Å². The Bertz CT molecular complexity index is 855. The SMILES string of the molecule is CN(c1ccc(F)c(F)c1)S(=O)(=O)c1ccc2c(c1)OCCO2. The minimum Gasteiger partial charge on any atom is -0.486 e. The summed E-state index contributed by atoms with van der Waals surface area (Å²) >= 11 is 0. The van der Waals surface area contributed by atoms with E-state index in [-0.39, 0.29) is 10.6 Å². The molecular weight excluding hydrogens is 328 g/mol. The third-order valence-corrected chi connectivity index (χ3v) is 5.22. The summed E-state index contributed by atoms with van der Waals surface area (Å²) in [5, 5.41) is 0. The van der Waals surface area contributed by atoms with E-state index in [1.54, 1.807) is 0 Å². The molecule has 0 radical (unpaired) electrons. The predicted octanol–water partition coefficient (Wildman–Crippen LogP) is 2.56. The molecule has 0 bridgehead atoms. The summed E-state index contributed by atoms with van der Waals surface area (Å²) in [6, 6.07) is 7.11. The number of benzene rings is 2. The molecular formula is C15H13F2NO4S. The van der Waals surface area contributed by atoms with Gasteiger partial charge in [-0.15, -0.1) is 0 Å². The first kappa shape index (κ1) is 15.5. The normalized spacial score (nSPS) is 13.7. The molecule has 1 heterocycles. The van der Waals surface area contributed by atoms with Crippen LogP contribution in [0.15, 0.2) is 41.3 Å². The molecule has 122 valence electrons. The van der Waals surface area contributed by atoms with Crippen LogP contribution in [0.1, 0.15) is 0 Å². The van der Waals surface area contributed by atoms with E-state index in [2.05, 4.69) is 0 Å². The summed E-state index contributed by atoms with van der Waals surface area (Å²) in [6.45, 7) is 0.726. The molecule has 0 aliphatic carbocycles. The van der Waals surface area contributed by atoms with Gasteiger partial charge in [0.2, 0.25) is 0 Å². The van der Waals surface area contributed by atoms with Crippen LogP contribution in [0, 0.1) is 11.6 Å². The lowest BCUT2D eigenvalue weighted by Gasteiger charge is -2.22. The molecule has 0 saturated carbocycles. The first-order valence-corrected chi connectivity index (χ1v) is 8.17. The Morgan fingerprint density at radius 3 is 2.35 bits per heavy atom. The van der Waals surface area contributed by atoms with Gasteiger partial charge in [0.1, 0.15) is 13.2 Å². The summed E-state index contributed by atoms with van der Waals surface area (Å²) < 4.78 is 63.2. The molecule has 0 atom stereocenters. The van der Waals surface area contributed by atoms with E-state index < -0.39 is 21.7 Å². The van der Waals surface area contributed by atoms with Crippen molar-refractivity contribution in [2.75, 3.05) is 24.6 Å². The van der Waals surface area contributed by atoms with Crippen molar-refractivity contribution in [3.63, 3.8) is 0 Å². The Balaban J connectivity index is 1.98. The molecule has 0 aromatic heterocycles. The van der Waals surface area contributed by atoms with Crippen molar-refractivity contribution in [2.24, 2.45) is 0 Å². The topological polar surface area (TPSA) is 55.8 Å². The molecule has 1 aliphatic heterocycles. The van der Waals surface area contributed by atoms with Crippen molar-refractivity contribution in [1.29, 1.82) is 0 Å². The van der Waals surface area contributed by atoms with Crippen LogP contribution >= 0.6 is 0 Å². The summed E-state index contributed by atoms with van der Waals surface area (Å²) in [7, 11) is -2.68. The zero-order valence-electron chi connectivity index (χ0n) is 12.1. The van der Waals surface area contributed by atoms with Gasteiger partial charge in [0.15, 0.2) is 23.1 Å². The maximum absolute atomic E-state index is 13.3. The Morgan fingerprint density at radius 1 is 0.957 bits per heavy atom. The van der Waals surface area contributed by atoms with E-state index in [1.165, 1.54) is 31.3 Å². The summed E-state index contributed by atoms with van der Waals surface area (Å²) in [5.41, 5.74) is 0.0128. The highest BCUT2D eigenvalue weighted by molar-refractivity contribution is 7.92. The molecule has 0 saturated heterocycles. The van der Waals surface area contributed by atoms with Crippen molar-refractivity contribution in [1.82, 2.24) is 0 Å². The summed E-state index contributed by atoms with van der Waals surface area (Å²) in [5.74, 6) is -1.37. The lowest BCUT2D eigenvalue weighted by Crippen LogP contribution is -2.27. The zero-order valence-corrected chi connectivity index (χ0v) is 12.9. The third kappa shape index (κ3) is 2.81. The molecule has 5 nitrogen and oxygen atoms in total. The fraction of sp³-hybridized carbons (Fsp3) is 0.200. The van der Waals surface area contributed by atoms with Crippen LogP contribution in [0.4, 0.5) is 14.5 Å². The van der Waals surface area contributed by atoms with Crippen LogP contribution in [0.25, 0.3) is 0 Å². The fourth-order valence-electron chi connectivity index (χ4n) is 2.16. The molecule has 2 aromatic rings. The highest BCUT2D eigenvalue weighted by atomic mass is 32.2. The lowest BCUT2D eigenvalue weighted by atomic mass is 10.3. The van der Waals surface area contributed by atoms with Crippen molar-refractivity contribution in [3.05, 3.63) is 48.0 Å². The van der Waals surface area contributed by atoms with E-state index in [0.717, 1.165) is 16.4 Å². The van der Waals surface area contributed by atoms with Crippen molar-refractivity contribution >= 4 is 15.7 Å². The third-order valence-electron chi connectivity index (χ3n) is 3.44. The highest BCUT2D eigenvalue weighted by Gasteiger charge is 2.24. The minimum atomic E-state index is -3.95. The molecule has 1 aliphatic rings. The number of ether oxygens (including phenoxy) is 2. The zero-order chi connectivity index (χ0) is 16.6. The van der Waals surface area contributed by atoms with Gasteiger partial charge in [-0.05, 0) is 24.3 Å². The van der Waals surface area contributed by atoms with Crippen molar-refractivity contribution in [2.45, 2.75) is 4.90 Å². The number of hydrogen-bond acceptors (Lipinski definition) is 4. The quantitative estimate of drug-likeness (QED) is 0.861. The second-order valence-electron chi connectivity index (χ2n) is 4.88. The van der Waals surface area contributed by atoms with Crippen LogP contribution in [0.5, 0.6) is 11.5 Å². The Kier molecular flexibility index (Phi) is 3.85. The summed E-state index contributed by atoms with van der Waals surface area (Å²) in [4.78, 5) is -0.0333. The van der Waals surface area contributed by atoms with Gasteiger partial charge in [0, 0.05) is 19.2 Å². The largest absolute Gasteiger partial charge is 0.486 e. The molecule has 23 heavy (non-hydrogen) atoms. The molecule has 0 fully saturated rings. The first-order chi connectivity index (χ1) is 10.9. The Hall–Kier alpha value is -2.35. The second kappa shape index (κ2) is 5.69. The van der Waals surface area contributed by atoms with E-state index in [9.17, 15) is 17.2 Å². The molecule has 0 spiro atoms. The highest BCUT2D eigenvalue weighted by Crippen LogP contribution is 2.33. The van der Waals surface area contributed by atoms with Gasteiger partial charge < -0.3 is 9.47 Å². The number of halogens is 2. The molecule has 0 amide bonds. The first-order valence-electron chi connectivity index (χ1n) is 6.73. The molecule has 2 aromatic carbocycles. The number of rotatable bonds is 3. The molecule has 0 unspecified atom stereocenters. The van der Waals surface area contributed by atoms with E-state index >= 15 is 0 Å². The standard InChI is InChI=1S/C15H13F2NO4S/c1-18(10-2-4-12(16)13(17)8-10)23(19,20)11-3-5-14-15(9-11)22-7-6-21-14/h2-5,8-9H,6-7H2,1H3. The minimum absolute atomic E-state index is 0.0128. The fourth-order valence-corrected chi connectivity index (χ4v) is 3.37.